The van der Waals surface area contributed by atoms with Gasteiger partial charge in [-0.15, -0.1) is 0 Å². The Morgan fingerprint density at radius 3 is 2.55 bits per heavy atom. The van der Waals surface area contributed by atoms with Gasteiger partial charge in [-0.2, -0.15) is 0 Å². The molecule has 3 N–H and O–H groups in total. The summed E-state index contributed by atoms with van der Waals surface area (Å²) in [6.07, 6.45) is 0.778. The summed E-state index contributed by atoms with van der Waals surface area (Å²) in [5, 5.41) is 13.6. The Morgan fingerprint density at radius 1 is 1.30 bits per heavy atom. The molecule has 110 valence electrons. The number of hydrogen-bond donors (Lipinski definition) is 3. The number of aliphatic carboxylic acids is 1. The fourth-order valence-corrected chi connectivity index (χ4v) is 1.64. The molecule has 0 saturated carbocycles. The minimum absolute atomic E-state index is 0.456. The molecule has 0 heterocycles. The van der Waals surface area contributed by atoms with Crippen molar-refractivity contribution in [1.82, 2.24) is 10.6 Å². The summed E-state index contributed by atoms with van der Waals surface area (Å²) in [6.45, 7) is 2.72. The Balaban J connectivity index is 2.19. The molecule has 20 heavy (non-hydrogen) atoms. The third-order valence-electron chi connectivity index (χ3n) is 2.87. The van der Waals surface area contributed by atoms with Crippen molar-refractivity contribution in [2.45, 2.75) is 19.4 Å². The first kappa shape index (κ1) is 15.8. The Kier molecular flexibility index (Phi) is 6.36. The van der Waals surface area contributed by atoms with Gasteiger partial charge in [0.2, 0.25) is 0 Å². The van der Waals surface area contributed by atoms with Crippen molar-refractivity contribution in [3.05, 3.63) is 30.3 Å². The summed E-state index contributed by atoms with van der Waals surface area (Å²) < 4.78 is 0. The third-order valence-corrected chi connectivity index (χ3v) is 2.87. The number of anilines is 1. The van der Waals surface area contributed by atoms with Gasteiger partial charge in [-0.1, -0.05) is 18.2 Å². The van der Waals surface area contributed by atoms with E-state index in [4.69, 9.17) is 5.11 Å². The molecule has 0 saturated heterocycles. The average molecular weight is 279 g/mol. The van der Waals surface area contributed by atoms with Gasteiger partial charge in [-0.3, -0.25) is 4.79 Å². The lowest BCUT2D eigenvalue weighted by Crippen LogP contribution is -2.44. The number of carboxylic acid groups (broad SMARTS) is 1. The average Bonchev–Trinajstić information content (AvgIpc) is 2.44. The number of rotatable bonds is 7. The zero-order valence-electron chi connectivity index (χ0n) is 11.8. The van der Waals surface area contributed by atoms with Gasteiger partial charge in [0.15, 0.2) is 0 Å². The molecule has 0 fully saturated rings. The van der Waals surface area contributed by atoms with Crippen LogP contribution in [0.25, 0.3) is 0 Å². The number of amides is 2. The Morgan fingerprint density at radius 2 is 1.95 bits per heavy atom. The molecule has 0 bridgehead atoms. The number of urea groups is 1. The quantitative estimate of drug-likeness (QED) is 0.657. The molecule has 6 nitrogen and oxygen atoms in total. The Labute approximate surface area is 118 Å². The molecule has 0 radical (unpaired) electrons. The molecule has 0 unspecified atom stereocenters. The van der Waals surface area contributed by atoms with E-state index < -0.39 is 18.0 Å². The van der Waals surface area contributed by atoms with Gasteiger partial charge in [0.05, 0.1) is 0 Å². The maximum absolute atomic E-state index is 11.4. The summed E-state index contributed by atoms with van der Waals surface area (Å²) >= 11 is 0. The van der Waals surface area contributed by atoms with E-state index in [1.165, 1.54) is 6.92 Å². The van der Waals surface area contributed by atoms with Crippen molar-refractivity contribution in [2.75, 3.05) is 25.0 Å². The van der Waals surface area contributed by atoms with Gasteiger partial charge in [-0.05, 0) is 25.5 Å². The summed E-state index contributed by atoms with van der Waals surface area (Å²) in [5.41, 5.74) is 1.12. The molecule has 1 aromatic carbocycles. The first-order valence-corrected chi connectivity index (χ1v) is 6.54. The number of carbonyl (C=O) groups excluding carboxylic acids is 1. The smallest absolute Gasteiger partial charge is 0.325 e. The van der Waals surface area contributed by atoms with Crippen LogP contribution in [0, 0.1) is 0 Å². The van der Waals surface area contributed by atoms with Crippen molar-refractivity contribution in [3.63, 3.8) is 0 Å². The number of para-hydroxylation sites is 1. The van der Waals surface area contributed by atoms with E-state index in [0.29, 0.717) is 6.54 Å². The van der Waals surface area contributed by atoms with Crippen molar-refractivity contribution in [2.24, 2.45) is 0 Å². The van der Waals surface area contributed by atoms with Crippen LogP contribution < -0.4 is 15.5 Å². The largest absolute Gasteiger partial charge is 0.480 e. The predicted molar refractivity (Wildman–Crippen MR) is 78.0 cm³/mol. The van der Waals surface area contributed by atoms with Crippen LogP contribution in [0.1, 0.15) is 13.3 Å². The van der Waals surface area contributed by atoms with Gasteiger partial charge in [0.1, 0.15) is 6.04 Å². The Bertz CT molecular complexity index is 437. The highest BCUT2D eigenvalue weighted by atomic mass is 16.4. The molecule has 0 spiro atoms. The fraction of sp³-hybridized carbons (Fsp3) is 0.429. The van der Waals surface area contributed by atoms with E-state index >= 15 is 0 Å². The first-order chi connectivity index (χ1) is 9.50. The molecule has 6 heteroatoms. The number of hydrogen-bond acceptors (Lipinski definition) is 3. The number of nitrogens with one attached hydrogen (secondary N) is 2. The zero-order chi connectivity index (χ0) is 15.0. The summed E-state index contributed by atoms with van der Waals surface area (Å²) in [5.74, 6) is -1.05. The molecule has 1 rings (SSSR count). The van der Waals surface area contributed by atoms with E-state index in [1.807, 2.05) is 37.4 Å². The summed E-state index contributed by atoms with van der Waals surface area (Å²) in [7, 11) is 1.99. The summed E-state index contributed by atoms with van der Waals surface area (Å²) in [6, 6.07) is 8.62. The van der Waals surface area contributed by atoms with Crippen LogP contribution in [-0.2, 0) is 4.79 Å². The monoisotopic (exact) mass is 279 g/mol. The number of nitrogens with zero attached hydrogens (tertiary/aromatic N) is 1. The molecular formula is C14H21N3O3. The molecule has 0 aliphatic heterocycles. The van der Waals surface area contributed by atoms with E-state index in [9.17, 15) is 9.59 Å². The summed E-state index contributed by atoms with van der Waals surface area (Å²) in [4.78, 5) is 24.0. The van der Waals surface area contributed by atoms with Crippen LogP contribution in [0.4, 0.5) is 10.5 Å². The number of carbonyl (C=O) groups is 2. The molecule has 2 amide bonds. The zero-order valence-corrected chi connectivity index (χ0v) is 11.8. The molecule has 1 aromatic rings. The van der Waals surface area contributed by atoms with Gasteiger partial charge < -0.3 is 20.6 Å². The van der Waals surface area contributed by atoms with E-state index in [0.717, 1.165) is 18.7 Å². The maximum atomic E-state index is 11.4. The number of carboxylic acids is 1. The minimum atomic E-state index is -1.05. The van der Waals surface area contributed by atoms with Gasteiger partial charge in [0, 0.05) is 25.8 Å². The third kappa shape index (κ3) is 5.60. The molecule has 1 atom stereocenters. The second-order valence-electron chi connectivity index (χ2n) is 4.57. The first-order valence-electron chi connectivity index (χ1n) is 6.54. The van der Waals surface area contributed by atoms with E-state index in [-0.39, 0.29) is 0 Å². The second kappa shape index (κ2) is 8.04. The molecular weight excluding hydrogens is 258 g/mol. The Hall–Kier alpha value is -2.24. The molecule has 0 aliphatic rings. The van der Waals surface area contributed by atoms with Crippen LogP contribution >= 0.6 is 0 Å². The second-order valence-corrected chi connectivity index (χ2v) is 4.57. The van der Waals surface area contributed by atoms with Crippen LogP contribution in [-0.4, -0.2) is 43.3 Å². The van der Waals surface area contributed by atoms with Gasteiger partial charge in [-0.25, -0.2) is 4.79 Å². The van der Waals surface area contributed by atoms with Gasteiger partial charge in [0.25, 0.3) is 0 Å². The highest BCUT2D eigenvalue weighted by molar-refractivity contribution is 5.82. The molecule has 0 aromatic heterocycles. The molecule has 0 aliphatic carbocycles. The van der Waals surface area contributed by atoms with Crippen molar-refractivity contribution in [3.8, 4) is 0 Å². The van der Waals surface area contributed by atoms with Crippen LogP contribution in [0.15, 0.2) is 30.3 Å². The van der Waals surface area contributed by atoms with Crippen LogP contribution in [0.3, 0.4) is 0 Å². The predicted octanol–water partition coefficient (Wildman–Crippen LogP) is 1.29. The highest BCUT2D eigenvalue weighted by Gasteiger charge is 2.12. The normalized spacial score (nSPS) is 11.5. The SMILES string of the molecule is C[C@H](NC(=O)NCCCN(C)c1ccccc1)C(=O)O. The van der Waals surface area contributed by atoms with Crippen LogP contribution in [0.5, 0.6) is 0 Å². The van der Waals surface area contributed by atoms with Crippen molar-refractivity contribution >= 4 is 17.7 Å². The number of benzene rings is 1. The van der Waals surface area contributed by atoms with E-state index in [2.05, 4.69) is 15.5 Å². The maximum Gasteiger partial charge on any atom is 0.325 e. The standard InChI is InChI=1S/C14H21N3O3/c1-11(13(18)19)16-14(20)15-9-6-10-17(2)12-7-4-3-5-8-12/h3-5,7-8,11H,6,9-10H2,1-2H3,(H,18,19)(H2,15,16,20)/t11-/m0/s1. The fourth-order valence-electron chi connectivity index (χ4n) is 1.64. The van der Waals surface area contributed by atoms with Crippen molar-refractivity contribution in [1.29, 1.82) is 0 Å². The van der Waals surface area contributed by atoms with Crippen LogP contribution in [0.2, 0.25) is 0 Å². The minimum Gasteiger partial charge on any atom is -0.480 e. The lowest BCUT2D eigenvalue weighted by atomic mass is 10.3. The highest BCUT2D eigenvalue weighted by Crippen LogP contribution is 2.10. The lowest BCUT2D eigenvalue weighted by Gasteiger charge is -2.19. The topological polar surface area (TPSA) is 81.7 Å². The van der Waals surface area contributed by atoms with Gasteiger partial charge >= 0.3 is 12.0 Å². The van der Waals surface area contributed by atoms with E-state index in [1.54, 1.807) is 0 Å². The van der Waals surface area contributed by atoms with Crippen molar-refractivity contribution < 1.29 is 14.7 Å². The lowest BCUT2D eigenvalue weighted by molar-refractivity contribution is -0.138.